The lowest BCUT2D eigenvalue weighted by molar-refractivity contribution is -0.144. The molecule has 0 radical (unpaired) electrons. The lowest BCUT2D eigenvalue weighted by Crippen LogP contribution is -2.45. The third-order valence-corrected chi connectivity index (χ3v) is 3.93. The van der Waals surface area contributed by atoms with Crippen molar-refractivity contribution in [3.63, 3.8) is 0 Å². The molecule has 0 aromatic heterocycles. The number of nitrogens with one attached hydrogen (secondary N) is 2. The van der Waals surface area contributed by atoms with Crippen molar-refractivity contribution in [2.24, 2.45) is 0 Å². The summed E-state index contributed by atoms with van der Waals surface area (Å²) >= 11 is 6.21. The van der Waals surface area contributed by atoms with Crippen LogP contribution in [0.1, 0.15) is 38.8 Å². The van der Waals surface area contributed by atoms with Crippen LogP contribution in [0.25, 0.3) is 0 Å². The molecule has 2 unspecified atom stereocenters. The van der Waals surface area contributed by atoms with E-state index in [1.165, 1.54) is 0 Å². The standard InChI is InChI=1S/C16H19ClN2O3/c1-4-9(2)22-15(20)13-10(3)18-16(21)19-14(13)11-7-5-6-8-12(11)17/h5-9,14H,4H2,1-3H3,(H2,18,19,21). The van der Waals surface area contributed by atoms with E-state index in [1.54, 1.807) is 25.1 Å². The van der Waals surface area contributed by atoms with Gasteiger partial charge in [-0.1, -0.05) is 36.7 Å². The number of carbonyl (C=O) groups excluding carboxylic acids is 2. The summed E-state index contributed by atoms with van der Waals surface area (Å²) in [7, 11) is 0. The number of esters is 1. The molecule has 2 N–H and O–H groups in total. The van der Waals surface area contributed by atoms with E-state index in [2.05, 4.69) is 10.6 Å². The van der Waals surface area contributed by atoms with Crippen LogP contribution < -0.4 is 10.6 Å². The highest BCUT2D eigenvalue weighted by molar-refractivity contribution is 6.31. The molecule has 1 heterocycles. The first-order chi connectivity index (χ1) is 10.4. The molecule has 5 nitrogen and oxygen atoms in total. The summed E-state index contributed by atoms with van der Waals surface area (Å²) in [6.45, 7) is 5.44. The third kappa shape index (κ3) is 3.42. The quantitative estimate of drug-likeness (QED) is 0.836. The maximum Gasteiger partial charge on any atom is 0.338 e. The van der Waals surface area contributed by atoms with Gasteiger partial charge in [0.2, 0.25) is 0 Å². The predicted octanol–water partition coefficient (Wildman–Crippen LogP) is 3.31. The predicted molar refractivity (Wildman–Crippen MR) is 84.4 cm³/mol. The molecule has 0 bridgehead atoms. The molecule has 1 aliphatic rings. The summed E-state index contributed by atoms with van der Waals surface area (Å²) in [6.07, 6.45) is 0.520. The normalized spacial score (nSPS) is 19.3. The Labute approximate surface area is 134 Å². The Balaban J connectivity index is 2.41. The number of hydrogen-bond acceptors (Lipinski definition) is 3. The van der Waals surface area contributed by atoms with E-state index in [0.717, 1.165) is 0 Å². The van der Waals surface area contributed by atoms with Crippen molar-refractivity contribution >= 4 is 23.6 Å². The zero-order chi connectivity index (χ0) is 16.3. The Morgan fingerprint density at radius 1 is 1.41 bits per heavy atom. The summed E-state index contributed by atoms with van der Waals surface area (Å²) in [6, 6.07) is 6.10. The lowest BCUT2D eigenvalue weighted by Gasteiger charge is -2.29. The van der Waals surface area contributed by atoms with Crippen LogP contribution in [-0.2, 0) is 9.53 Å². The monoisotopic (exact) mass is 322 g/mol. The van der Waals surface area contributed by atoms with E-state index >= 15 is 0 Å². The average molecular weight is 323 g/mol. The number of benzene rings is 1. The van der Waals surface area contributed by atoms with E-state index in [1.807, 2.05) is 19.9 Å². The van der Waals surface area contributed by atoms with Crippen molar-refractivity contribution < 1.29 is 14.3 Å². The number of amides is 2. The first-order valence-electron chi connectivity index (χ1n) is 7.17. The summed E-state index contributed by atoms with van der Waals surface area (Å²) in [5, 5.41) is 5.82. The molecule has 1 aromatic rings. The minimum Gasteiger partial charge on any atom is -0.459 e. The highest BCUT2D eigenvalue weighted by Crippen LogP contribution is 2.32. The van der Waals surface area contributed by atoms with Gasteiger partial charge in [0.1, 0.15) is 0 Å². The van der Waals surface area contributed by atoms with Gasteiger partial charge in [0, 0.05) is 10.7 Å². The van der Waals surface area contributed by atoms with Crippen molar-refractivity contribution in [3.05, 3.63) is 46.1 Å². The molecule has 1 aliphatic heterocycles. The minimum atomic E-state index is -0.626. The van der Waals surface area contributed by atoms with Gasteiger partial charge < -0.3 is 15.4 Å². The van der Waals surface area contributed by atoms with Gasteiger partial charge >= 0.3 is 12.0 Å². The van der Waals surface area contributed by atoms with Crippen molar-refractivity contribution in [1.29, 1.82) is 0 Å². The van der Waals surface area contributed by atoms with E-state index < -0.39 is 12.0 Å². The second-order valence-electron chi connectivity index (χ2n) is 5.22. The van der Waals surface area contributed by atoms with Crippen LogP contribution in [0.4, 0.5) is 4.79 Å². The van der Waals surface area contributed by atoms with E-state index in [9.17, 15) is 9.59 Å². The fourth-order valence-electron chi connectivity index (χ4n) is 2.24. The molecule has 0 saturated carbocycles. The van der Waals surface area contributed by atoms with Gasteiger partial charge in [0.25, 0.3) is 0 Å². The molecular weight excluding hydrogens is 304 g/mol. The molecular formula is C16H19ClN2O3. The highest BCUT2D eigenvalue weighted by Gasteiger charge is 2.33. The topological polar surface area (TPSA) is 67.4 Å². The molecule has 118 valence electrons. The molecule has 0 fully saturated rings. The van der Waals surface area contributed by atoms with Crippen LogP contribution in [0.15, 0.2) is 35.5 Å². The Morgan fingerprint density at radius 2 is 2.09 bits per heavy atom. The van der Waals surface area contributed by atoms with Crippen LogP contribution in [0.5, 0.6) is 0 Å². The summed E-state index contributed by atoms with van der Waals surface area (Å²) in [5.74, 6) is -0.454. The molecule has 2 rings (SSSR count). The summed E-state index contributed by atoms with van der Waals surface area (Å²) < 4.78 is 5.41. The first kappa shape index (κ1) is 16.4. The third-order valence-electron chi connectivity index (χ3n) is 3.59. The Morgan fingerprint density at radius 3 is 2.73 bits per heavy atom. The van der Waals surface area contributed by atoms with Crippen LogP contribution in [0.2, 0.25) is 5.02 Å². The largest absolute Gasteiger partial charge is 0.459 e. The summed E-state index contributed by atoms with van der Waals surface area (Å²) in [4.78, 5) is 24.2. The van der Waals surface area contributed by atoms with Crippen molar-refractivity contribution in [3.8, 4) is 0 Å². The molecule has 0 spiro atoms. The average Bonchev–Trinajstić information content (AvgIpc) is 2.46. The number of allylic oxidation sites excluding steroid dienone is 1. The maximum atomic E-state index is 12.5. The number of halogens is 1. The van der Waals surface area contributed by atoms with Crippen LogP contribution in [-0.4, -0.2) is 18.1 Å². The van der Waals surface area contributed by atoms with Gasteiger partial charge in [0.05, 0.1) is 17.7 Å². The zero-order valence-electron chi connectivity index (χ0n) is 12.8. The van der Waals surface area contributed by atoms with Crippen LogP contribution in [0, 0.1) is 0 Å². The molecule has 2 amide bonds. The van der Waals surface area contributed by atoms with Gasteiger partial charge in [-0.3, -0.25) is 0 Å². The van der Waals surface area contributed by atoms with Gasteiger partial charge in [-0.15, -0.1) is 0 Å². The number of ether oxygens (including phenoxy) is 1. The van der Waals surface area contributed by atoms with Crippen molar-refractivity contribution in [2.45, 2.75) is 39.3 Å². The number of hydrogen-bond donors (Lipinski definition) is 2. The Kier molecular flexibility index (Phi) is 5.08. The fourth-order valence-corrected chi connectivity index (χ4v) is 2.48. The second-order valence-corrected chi connectivity index (χ2v) is 5.62. The minimum absolute atomic E-state index is 0.197. The van der Waals surface area contributed by atoms with Crippen LogP contribution >= 0.6 is 11.6 Å². The van der Waals surface area contributed by atoms with E-state index in [-0.39, 0.29) is 12.1 Å². The molecule has 1 aromatic carbocycles. The molecule has 6 heteroatoms. The molecule has 22 heavy (non-hydrogen) atoms. The lowest BCUT2D eigenvalue weighted by atomic mass is 9.95. The highest BCUT2D eigenvalue weighted by atomic mass is 35.5. The Hall–Kier alpha value is -2.01. The van der Waals surface area contributed by atoms with Gasteiger partial charge in [-0.25, -0.2) is 9.59 Å². The fraction of sp³-hybridized carbons (Fsp3) is 0.375. The number of rotatable bonds is 4. The zero-order valence-corrected chi connectivity index (χ0v) is 13.5. The smallest absolute Gasteiger partial charge is 0.338 e. The second kappa shape index (κ2) is 6.83. The Bertz CT molecular complexity index is 628. The van der Waals surface area contributed by atoms with Crippen molar-refractivity contribution in [2.75, 3.05) is 0 Å². The van der Waals surface area contributed by atoms with E-state index in [0.29, 0.717) is 28.3 Å². The van der Waals surface area contributed by atoms with Gasteiger partial charge in [0.15, 0.2) is 0 Å². The van der Waals surface area contributed by atoms with Gasteiger partial charge in [-0.2, -0.15) is 0 Å². The molecule has 0 aliphatic carbocycles. The van der Waals surface area contributed by atoms with E-state index in [4.69, 9.17) is 16.3 Å². The SMILES string of the molecule is CCC(C)OC(=O)C1=C(C)NC(=O)NC1c1ccccc1Cl. The summed E-state index contributed by atoms with van der Waals surface area (Å²) in [5.41, 5.74) is 1.50. The van der Waals surface area contributed by atoms with Gasteiger partial charge in [-0.05, 0) is 31.9 Å². The molecule has 2 atom stereocenters. The number of urea groups is 1. The molecule has 0 saturated heterocycles. The van der Waals surface area contributed by atoms with Crippen molar-refractivity contribution in [1.82, 2.24) is 10.6 Å². The van der Waals surface area contributed by atoms with Crippen LogP contribution in [0.3, 0.4) is 0 Å². The maximum absolute atomic E-state index is 12.5. The first-order valence-corrected chi connectivity index (χ1v) is 7.55. The number of carbonyl (C=O) groups is 2.